The molecule has 1 amide bonds. The number of nitrogens with one attached hydrogen (secondary N) is 1. The van der Waals surface area contributed by atoms with E-state index in [1.807, 2.05) is 0 Å². The van der Waals surface area contributed by atoms with Gasteiger partial charge in [-0.25, -0.2) is 0 Å². The zero-order valence-corrected chi connectivity index (χ0v) is 16.0. The Balaban J connectivity index is 1.62. The highest BCUT2D eigenvalue weighted by molar-refractivity contribution is 7.15. The van der Waals surface area contributed by atoms with Crippen LogP contribution >= 0.6 is 22.9 Å². The van der Waals surface area contributed by atoms with Crippen LogP contribution in [0.1, 0.15) is 56.9 Å². The van der Waals surface area contributed by atoms with Crippen molar-refractivity contribution in [2.75, 3.05) is 5.32 Å². The molecular formula is C18H22ClN3O2S. The van der Waals surface area contributed by atoms with Crippen LogP contribution in [-0.2, 0) is 4.79 Å². The molecule has 0 atom stereocenters. The van der Waals surface area contributed by atoms with E-state index in [0.29, 0.717) is 21.8 Å². The van der Waals surface area contributed by atoms with E-state index in [0.717, 1.165) is 17.8 Å². The summed E-state index contributed by atoms with van der Waals surface area (Å²) in [5, 5.41) is 13.4. The van der Waals surface area contributed by atoms with E-state index < -0.39 is 5.60 Å². The highest BCUT2D eigenvalue weighted by atomic mass is 35.5. The van der Waals surface area contributed by atoms with Gasteiger partial charge in [0.15, 0.2) is 5.60 Å². The van der Waals surface area contributed by atoms with Crippen molar-refractivity contribution < 1.29 is 9.53 Å². The average Bonchev–Trinajstić information content (AvgIpc) is 3.06. The molecule has 2 aromatic rings. The Morgan fingerprint density at radius 1 is 1.20 bits per heavy atom. The van der Waals surface area contributed by atoms with Crippen LogP contribution in [0.15, 0.2) is 24.3 Å². The molecule has 1 aromatic heterocycles. The molecule has 0 radical (unpaired) electrons. The summed E-state index contributed by atoms with van der Waals surface area (Å²) in [4.78, 5) is 12.6. The van der Waals surface area contributed by atoms with Crippen molar-refractivity contribution in [1.29, 1.82) is 0 Å². The Labute approximate surface area is 156 Å². The van der Waals surface area contributed by atoms with E-state index in [1.54, 1.807) is 38.1 Å². The van der Waals surface area contributed by atoms with Gasteiger partial charge >= 0.3 is 0 Å². The number of ether oxygens (including phenoxy) is 1. The van der Waals surface area contributed by atoms with Gasteiger partial charge in [0.05, 0.1) is 0 Å². The largest absolute Gasteiger partial charge is 0.478 e. The molecule has 1 aromatic carbocycles. The fraction of sp³-hybridized carbons (Fsp3) is 0.500. The molecule has 1 N–H and O–H groups in total. The zero-order chi connectivity index (χ0) is 17.9. The normalized spacial score (nSPS) is 15.8. The summed E-state index contributed by atoms with van der Waals surface area (Å²) in [6.45, 7) is 3.44. The van der Waals surface area contributed by atoms with E-state index in [-0.39, 0.29) is 5.91 Å². The summed E-state index contributed by atoms with van der Waals surface area (Å²) < 4.78 is 5.80. The summed E-state index contributed by atoms with van der Waals surface area (Å²) in [5.41, 5.74) is -1.04. The topological polar surface area (TPSA) is 64.1 Å². The van der Waals surface area contributed by atoms with Crippen molar-refractivity contribution >= 4 is 34.0 Å². The second-order valence-electron chi connectivity index (χ2n) is 6.80. The van der Waals surface area contributed by atoms with Crippen LogP contribution in [0.5, 0.6) is 5.75 Å². The Bertz CT molecular complexity index is 724. The molecule has 1 aliphatic carbocycles. The molecule has 1 fully saturated rings. The lowest BCUT2D eigenvalue weighted by molar-refractivity contribution is -0.128. The first kappa shape index (κ1) is 18.1. The van der Waals surface area contributed by atoms with Crippen LogP contribution in [0.4, 0.5) is 5.13 Å². The molecule has 0 spiro atoms. The van der Waals surface area contributed by atoms with Gasteiger partial charge in [0.25, 0.3) is 5.91 Å². The summed E-state index contributed by atoms with van der Waals surface area (Å²) in [6.07, 6.45) is 6.11. The second kappa shape index (κ2) is 7.70. The first-order valence-electron chi connectivity index (χ1n) is 8.53. The van der Waals surface area contributed by atoms with Crippen LogP contribution in [0.2, 0.25) is 5.02 Å². The van der Waals surface area contributed by atoms with E-state index in [9.17, 15) is 4.79 Å². The lowest BCUT2D eigenvalue weighted by Crippen LogP contribution is -2.42. The summed E-state index contributed by atoms with van der Waals surface area (Å²) >= 11 is 7.34. The van der Waals surface area contributed by atoms with Crippen molar-refractivity contribution in [3.8, 4) is 5.75 Å². The highest BCUT2D eigenvalue weighted by Crippen LogP contribution is 2.35. The minimum Gasteiger partial charge on any atom is -0.478 e. The third-order valence-corrected chi connectivity index (χ3v) is 5.60. The number of hydrogen-bond acceptors (Lipinski definition) is 5. The Kier molecular flexibility index (Phi) is 5.59. The lowest BCUT2D eigenvalue weighted by atomic mass is 9.90. The molecule has 0 aliphatic heterocycles. The maximum absolute atomic E-state index is 12.6. The molecule has 3 rings (SSSR count). The number of nitrogens with zero attached hydrogens (tertiary/aromatic N) is 2. The third-order valence-electron chi connectivity index (χ3n) is 4.35. The van der Waals surface area contributed by atoms with Gasteiger partial charge in [0.2, 0.25) is 5.13 Å². The number of hydrogen-bond donors (Lipinski definition) is 1. The zero-order valence-electron chi connectivity index (χ0n) is 14.4. The number of amides is 1. The predicted molar refractivity (Wildman–Crippen MR) is 101 cm³/mol. The van der Waals surface area contributed by atoms with Crippen molar-refractivity contribution in [3.63, 3.8) is 0 Å². The lowest BCUT2D eigenvalue weighted by Gasteiger charge is -2.24. The van der Waals surface area contributed by atoms with Gasteiger partial charge in [-0.15, -0.1) is 10.2 Å². The average molecular weight is 380 g/mol. The predicted octanol–water partition coefficient (Wildman–Crippen LogP) is 5.04. The Morgan fingerprint density at radius 3 is 2.56 bits per heavy atom. The molecule has 7 heteroatoms. The van der Waals surface area contributed by atoms with E-state index in [1.165, 1.54) is 30.6 Å². The minimum atomic E-state index is -1.04. The number of halogens is 1. The first-order valence-corrected chi connectivity index (χ1v) is 9.73. The molecule has 0 bridgehead atoms. The fourth-order valence-electron chi connectivity index (χ4n) is 2.89. The van der Waals surface area contributed by atoms with Gasteiger partial charge in [-0.2, -0.15) is 0 Å². The van der Waals surface area contributed by atoms with Gasteiger partial charge in [0, 0.05) is 10.9 Å². The van der Waals surface area contributed by atoms with Crippen LogP contribution in [0.3, 0.4) is 0 Å². The van der Waals surface area contributed by atoms with Gasteiger partial charge in [-0.1, -0.05) is 42.2 Å². The molecule has 0 unspecified atom stereocenters. The summed E-state index contributed by atoms with van der Waals surface area (Å²) in [7, 11) is 0. The molecular weight excluding hydrogens is 358 g/mol. The van der Waals surface area contributed by atoms with Gasteiger partial charge in [-0.05, 0) is 51.0 Å². The number of rotatable bonds is 5. The van der Waals surface area contributed by atoms with Gasteiger partial charge in [0.1, 0.15) is 10.8 Å². The van der Waals surface area contributed by atoms with Crippen LogP contribution in [0.25, 0.3) is 0 Å². The van der Waals surface area contributed by atoms with Crippen molar-refractivity contribution in [2.45, 2.75) is 57.5 Å². The van der Waals surface area contributed by atoms with Gasteiger partial charge < -0.3 is 4.74 Å². The van der Waals surface area contributed by atoms with Crippen LogP contribution in [-0.4, -0.2) is 21.7 Å². The number of benzene rings is 1. The number of anilines is 1. The molecule has 1 aliphatic rings. The summed E-state index contributed by atoms with van der Waals surface area (Å²) in [5.74, 6) is 0.814. The number of aromatic nitrogens is 2. The summed E-state index contributed by atoms with van der Waals surface area (Å²) in [6, 6.07) is 6.94. The molecule has 134 valence electrons. The van der Waals surface area contributed by atoms with E-state index in [4.69, 9.17) is 16.3 Å². The molecule has 25 heavy (non-hydrogen) atoms. The Hall–Kier alpha value is -1.66. The molecule has 1 heterocycles. The highest BCUT2D eigenvalue weighted by Gasteiger charge is 2.31. The fourth-order valence-corrected chi connectivity index (χ4v) is 3.92. The number of carbonyl (C=O) groups is 1. The van der Waals surface area contributed by atoms with Crippen LogP contribution < -0.4 is 10.1 Å². The maximum Gasteiger partial charge on any atom is 0.269 e. The van der Waals surface area contributed by atoms with Crippen LogP contribution in [0, 0.1) is 0 Å². The quantitative estimate of drug-likeness (QED) is 0.790. The van der Waals surface area contributed by atoms with E-state index >= 15 is 0 Å². The molecule has 1 saturated carbocycles. The second-order valence-corrected chi connectivity index (χ2v) is 8.25. The standard InChI is InChI=1S/C18H22ClN3O2S/c1-18(2,24-14-10-8-13(19)9-11-14)16(23)20-17-22-21-15(25-17)12-6-4-3-5-7-12/h8-12H,3-7H2,1-2H3,(H,20,22,23). The van der Waals surface area contributed by atoms with Crippen molar-refractivity contribution in [2.24, 2.45) is 0 Å². The molecule has 0 saturated heterocycles. The smallest absolute Gasteiger partial charge is 0.269 e. The minimum absolute atomic E-state index is 0.256. The van der Waals surface area contributed by atoms with E-state index in [2.05, 4.69) is 15.5 Å². The monoisotopic (exact) mass is 379 g/mol. The van der Waals surface area contributed by atoms with Gasteiger partial charge in [-0.3, -0.25) is 10.1 Å². The van der Waals surface area contributed by atoms with Crippen molar-refractivity contribution in [1.82, 2.24) is 10.2 Å². The molecule has 5 nitrogen and oxygen atoms in total. The first-order chi connectivity index (χ1) is 11.9. The SMILES string of the molecule is CC(C)(Oc1ccc(Cl)cc1)C(=O)Nc1nnc(C2CCCCC2)s1. The van der Waals surface area contributed by atoms with Crippen molar-refractivity contribution in [3.05, 3.63) is 34.3 Å². The Morgan fingerprint density at radius 2 is 1.88 bits per heavy atom. The maximum atomic E-state index is 12.6. The number of carbonyl (C=O) groups excluding carboxylic acids is 1. The third kappa shape index (κ3) is 4.70.